The van der Waals surface area contributed by atoms with Crippen LogP contribution in [0.25, 0.3) is 10.8 Å². The van der Waals surface area contributed by atoms with E-state index in [0.29, 0.717) is 11.4 Å². The van der Waals surface area contributed by atoms with Crippen LogP contribution in [-0.2, 0) is 0 Å². The Hall–Kier alpha value is -3.54. The van der Waals surface area contributed by atoms with Crippen molar-refractivity contribution in [1.82, 2.24) is 0 Å². The summed E-state index contributed by atoms with van der Waals surface area (Å²) in [7, 11) is 0. The molecule has 1 aliphatic heterocycles. The van der Waals surface area contributed by atoms with Crippen molar-refractivity contribution in [1.29, 1.82) is 0 Å². The molecule has 0 saturated carbocycles. The summed E-state index contributed by atoms with van der Waals surface area (Å²) in [5.41, 5.74) is 2.91. The number of carbonyl (C=O) groups is 2. The normalized spacial score (nSPS) is 11.9. The SMILES string of the molecule is Cc1cc2cc3c(cc2cc1C)Oc1cc(C(=O)O)cc(C(=O)O)c1N3. The molecule has 1 aliphatic rings. The van der Waals surface area contributed by atoms with Gasteiger partial charge in [-0.3, -0.25) is 0 Å². The Bertz CT molecular complexity index is 1120. The number of ether oxygens (including phenoxy) is 1. The molecule has 3 N–H and O–H groups in total. The summed E-state index contributed by atoms with van der Waals surface area (Å²) in [4.78, 5) is 22.8. The third-order valence-electron chi connectivity index (χ3n) is 4.61. The first-order chi connectivity index (χ1) is 12.3. The summed E-state index contributed by atoms with van der Waals surface area (Å²) >= 11 is 0. The molecule has 0 saturated heterocycles. The van der Waals surface area contributed by atoms with Gasteiger partial charge in [-0.25, -0.2) is 9.59 Å². The van der Waals surface area contributed by atoms with Gasteiger partial charge in [-0.2, -0.15) is 0 Å². The zero-order valence-corrected chi connectivity index (χ0v) is 14.1. The number of anilines is 2. The van der Waals surface area contributed by atoms with E-state index in [-0.39, 0.29) is 22.6 Å². The molecule has 0 amide bonds. The van der Waals surface area contributed by atoms with E-state index in [1.54, 1.807) is 0 Å². The second-order valence-corrected chi connectivity index (χ2v) is 6.37. The number of fused-ring (bicyclic) bond motifs is 3. The molecule has 0 atom stereocenters. The van der Waals surface area contributed by atoms with Crippen LogP contribution in [0.2, 0.25) is 0 Å². The van der Waals surface area contributed by atoms with Crippen molar-refractivity contribution in [3.63, 3.8) is 0 Å². The van der Waals surface area contributed by atoms with Crippen molar-refractivity contribution < 1.29 is 24.5 Å². The standard InChI is InChI=1S/C20H15NO5/c1-9-3-11-6-15-16(7-12(11)4-10(9)2)26-17-8-13(19(22)23)5-14(20(24)25)18(17)21-15/h3-8,21H,1-2H3,(H,22,23)(H,24,25). The van der Waals surface area contributed by atoms with Crippen molar-refractivity contribution in [2.45, 2.75) is 13.8 Å². The molecule has 0 bridgehead atoms. The van der Waals surface area contributed by atoms with Gasteiger partial charge in [0, 0.05) is 0 Å². The average molecular weight is 349 g/mol. The molecule has 1 heterocycles. The monoisotopic (exact) mass is 349 g/mol. The zero-order valence-electron chi connectivity index (χ0n) is 14.1. The van der Waals surface area contributed by atoms with Crippen LogP contribution < -0.4 is 10.1 Å². The van der Waals surface area contributed by atoms with E-state index in [9.17, 15) is 19.8 Å². The fourth-order valence-corrected chi connectivity index (χ4v) is 3.11. The number of aryl methyl sites for hydroxylation is 2. The summed E-state index contributed by atoms with van der Waals surface area (Å²) in [6.07, 6.45) is 0. The van der Waals surface area contributed by atoms with Crippen LogP contribution in [0.4, 0.5) is 11.4 Å². The van der Waals surface area contributed by atoms with Crippen molar-refractivity contribution in [3.8, 4) is 11.5 Å². The van der Waals surface area contributed by atoms with Gasteiger partial charge in [0.1, 0.15) is 0 Å². The first kappa shape index (κ1) is 16.0. The first-order valence-corrected chi connectivity index (χ1v) is 7.98. The minimum Gasteiger partial charge on any atom is -0.478 e. The molecule has 0 aliphatic carbocycles. The molecule has 26 heavy (non-hydrogen) atoms. The summed E-state index contributed by atoms with van der Waals surface area (Å²) < 4.78 is 5.85. The maximum Gasteiger partial charge on any atom is 0.337 e. The van der Waals surface area contributed by atoms with Crippen molar-refractivity contribution in [2.75, 3.05) is 5.32 Å². The third kappa shape index (κ3) is 2.43. The second-order valence-electron chi connectivity index (χ2n) is 6.37. The van der Waals surface area contributed by atoms with E-state index in [0.717, 1.165) is 28.0 Å². The number of rotatable bonds is 2. The van der Waals surface area contributed by atoms with Gasteiger partial charge in [-0.1, -0.05) is 12.1 Å². The highest BCUT2D eigenvalue weighted by atomic mass is 16.5. The lowest BCUT2D eigenvalue weighted by Gasteiger charge is -2.24. The van der Waals surface area contributed by atoms with Gasteiger partial charge in [-0.05, 0) is 60.0 Å². The number of aromatic carboxylic acids is 2. The highest BCUT2D eigenvalue weighted by Crippen LogP contribution is 2.46. The topological polar surface area (TPSA) is 95.9 Å². The Labute approximate surface area is 148 Å². The summed E-state index contributed by atoms with van der Waals surface area (Å²) in [6.45, 7) is 4.06. The lowest BCUT2D eigenvalue weighted by molar-refractivity contribution is 0.0696. The zero-order chi connectivity index (χ0) is 18.6. The second kappa shape index (κ2) is 5.49. The molecule has 0 aromatic heterocycles. The van der Waals surface area contributed by atoms with E-state index in [1.165, 1.54) is 6.07 Å². The molecular weight excluding hydrogens is 334 g/mol. The van der Waals surface area contributed by atoms with E-state index >= 15 is 0 Å². The smallest absolute Gasteiger partial charge is 0.337 e. The Morgan fingerprint density at radius 3 is 2.12 bits per heavy atom. The quantitative estimate of drug-likeness (QED) is 0.485. The fourth-order valence-electron chi connectivity index (χ4n) is 3.11. The Kier molecular flexibility index (Phi) is 3.37. The predicted octanol–water partition coefficient (Wildman–Crippen LogP) is 4.70. The average Bonchev–Trinajstić information content (AvgIpc) is 2.58. The largest absolute Gasteiger partial charge is 0.478 e. The lowest BCUT2D eigenvalue weighted by atomic mass is 10.0. The molecule has 6 heteroatoms. The van der Waals surface area contributed by atoms with Crippen LogP contribution in [0.15, 0.2) is 36.4 Å². The highest BCUT2D eigenvalue weighted by Gasteiger charge is 2.25. The van der Waals surface area contributed by atoms with Gasteiger partial charge < -0.3 is 20.3 Å². The molecule has 3 aromatic rings. The summed E-state index contributed by atoms with van der Waals surface area (Å²) in [6, 6.07) is 10.3. The van der Waals surface area contributed by atoms with Crippen LogP contribution >= 0.6 is 0 Å². The fraction of sp³-hybridized carbons (Fsp3) is 0.100. The molecule has 3 aromatic carbocycles. The number of carboxylic acid groups (broad SMARTS) is 2. The minimum atomic E-state index is -1.23. The maximum atomic E-state index is 11.6. The number of nitrogens with one attached hydrogen (secondary N) is 1. The molecule has 0 unspecified atom stereocenters. The van der Waals surface area contributed by atoms with E-state index in [4.69, 9.17) is 4.74 Å². The summed E-state index contributed by atoms with van der Waals surface area (Å²) in [5.74, 6) is -1.74. The number of hydrogen-bond acceptors (Lipinski definition) is 4. The van der Waals surface area contributed by atoms with Crippen molar-refractivity contribution >= 4 is 34.1 Å². The Morgan fingerprint density at radius 1 is 0.846 bits per heavy atom. The van der Waals surface area contributed by atoms with E-state index in [2.05, 4.69) is 17.4 Å². The summed E-state index contributed by atoms with van der Waals surface area (Å²) in [5, 5.41) is 23.7. The molecule has 4 rings (SSSR count). The van der Waals surface area contributed by atoms with E-state index in [1.807, 2.05) is 26.0 Å². The first-order valence-electron chi connectivity index (χ1n) is 7.98. The molecular formula is C20H15NO5. The Morgan fingerprint density at radius 2 is 1.50 bits per heavy atom. The van der Waals surface area contributed by atoms with Crippen LogP contribution in [0.3, 0.4) is 0 Å². The highest BCUT2D eigenvalue weighted by molar-refractivity contribution is 6.03. The molecule has 0 fully saturated rings. The molecule has 0 radical (unpaired) electrons. The maximum absolute atomic E-state index is 11.6. The number of hydrogen-bond donors (Lipinski definition) is 3. The van der Waals surface area contributed by atoms with E-state index < -0.39 is 11.9 Å². The van der Waals surface area contributed by atoms with Gasteiger partial charge in [0.15, 0.2) is 11.5 Å². The predicted molar refractivity (Wildman–Crippen MR) is 97.1 cm³/mol. The van der Waals surface area contributed by atoms with Crippen molar-refractivity contribution in [3.05, 3.63) is 58.7 Å². The minimum absolute atomic E-state index is 0.140. The molecule has 0 spiro atoms. The van der Waals surface area contributed by atoms with Gasteiger partial charge in [0.05, 0.1) is 22.5 Å². The molecule has 6 nitrogen and oxygen atoms in total. The van der Waals surface area contributed by atoms with Crippen LogP contribution in [0.1, 0.15) is 31.8 Å². The van der Waals surface area contributed by atoms with Gasteiger partial charge in [-0.15, -0.1) is 0 Å². The van der Waals surface area contributed by atoms with Gasteiger partial charge in [0.2, 0.25) is 0 Å². The van der Waals surface area contributed by atoms with Gasteiger partial charge in [0.25, 0.3) is 0 Å². The third-order valence-corrected chi connectivity index (χ3v) is 4.61. The number of benzene rings is 3. The number of carboxylic acids is 2. The molecule has 130 valence electrons. The van der Waals surface area contributed by atoms with Crippen LogP contribution in [-0.4, -0.2) is 22.2 Å². The van der Waals surface area contributed by atoms with Crippen LogP contribution in [0, 0.1) is 13.8 Å². The lowest BCUT2D eigenvalue weighted by Crippen LogP contribution is -2.11. The van der Waals surface area contributed by atoms with Crippen molar-refractivity contribution in [2.24, 2.45) is 0 Å². The van der Waals surface area contributed by atoms with Gasteiger partial charge >= 0.3 is 11.9 Å². The van der Waals surface area contributed by atoms with Crippen LogP contribution in [0.5, 0.6) is 11.5 Å². The Balaban J connectivity index is 1.90.